The Morgan fingerprint density at radius 3 is 2.77 bits per heavy atom. The Balaban J connectivity index is 1.75. The summed E-state index contributed by atoms with van der Waals surface area (Å²) in [5.74, 6) is 0.358. The number of piperidine rings is 1. The van der Waals surface area contributed by atoms with Crippen LogP contribution in [0.15, 0.2) is 41.8 Å². The number of nitrogens with zero attached hydrogens (tertiary/aromatic N) is 3. The molecule has 6 nitrogen and oxygen atoms in total. The fraction of sp³-hybridized carbons (Fsp3) is 0.304. The first-order chi connectivity index (χ1) is 14.9. The van der Waals surface area contributed by atoms with Gasteiger partial charge in [-0.2, -0.15) is 0 Å². The summed E-state index contributed by atoms with van der Waals surface area (Å²) in [7, 11) is 0. The van der Waals surface area contributed by atoms with Crippen LogP contribution in [0.3, 0.4) is 0 Å². The number of thioether (sulfide) groups is 1. The summed E-state index contributed by atoms with van der Waals surface area (Å²) in [6, 6.07) is 8.22. The Kier molecular flexibility index (Phi) is 6.11. The summed E-state index contributed by atoms with van der Waals surface area (Å²) < 4.78 is 0.532. The number of hydrogen-bond donors (Lipinski definition) is 1. The van der Waals surface area contributed by atoms with Gasteiger partial charge in [-0.25, -0.2) is 4.98 Å². The molecule has 0 atom stereocenters. The molecule has 3 heterocycles. The Bertz CT molecular complexity index is 1120. The fourth-order valence-electron chi connectivity index (χ4n) is 3.97. The van der Waals surface area contributed by atoms with Crippen molar-refractivity contribution in [2.75, 3.05) is 24.5 Å². The van der Waals surface area contributed by atoms with Crippen molar-refractivity contribution in [3.05, 3.63) is 53.0 Å². The Hall–Kier alpha value is -2.71. The van der Waals surface area contributed by atoms with E-state index in [-0.39, 0.29) is 17.7 Å². The van der Waals surface area contributed by atoms with Crippen LogP contribution in [0, 0.1) is 12.8 Å². The van der Waals surface area contributed by atoms with Crippen molar-refractivity contribution < 1.29 is 9.59 Å². The molecule has 0 spiro atoms. The topological polar surface area (TPSA) is 79.5 Å². The average Bonchev–Trinajstić information content (AvgIpc) is 3.01. The second-order valence-corrected chi connectivity index (χ2v) is 9.52. The van der Waals surface area contributed by atoms with Crippen molar-refractivity contribution in [1.29, 1.82) is 0 Å². The highest BCUT2D eigenvalue weighted by molar-refractivity contribution is 8.26. The van der Waals surface area contributed by atoms with Crippen molar-refractivity contribution in [2.45, 2.75) is 19.8 Å². The summed E-state index contributed by atoms with van der Waals surface area (Å²) in [5.41, 5.74) is 8.41. The number of carbonyl (C=O) groups excluding carboxylic acids is 2. The van der Waals surface area contributed by atoms with E-state index >= 15 is 0 Å². The van der Waals surface area contributed by atoms with Gasteiger partial charge in [-0.3, -0.25) is 14.5 Å². The molecule has 2 saturated heterocycles. The van der Waals surface area contributed by atoms with Crippen LogP contribution < -0.4 is 10.6 Å². The van der Waals surface area contributed by atoms with Gasteiger partial charge >= 0.3 is 0 Å². The minimum absolute atomic E-state index is 0.0991. The van der Waals surface area contributed by atoms with Crippen LogP contribution in [0.2, 0.25) is 0 Å². The molecule has 4 rings (SSSR count). The summed E-state index contributed by atoms with van der Waals surface area (Å²) in [5, 5.41) is 1.02. The van der Waals surface area contributed by atoms with Gasteiger partial charge in [0.1, 0.15) is 10.1 Å². The smallest absolute Gasteiger partial charge is 0.266 e. The zero-order valence-corrected chi connectivity index (χ0v) is 19.0. The third-order valence-electron chi connectivity index (χ3n) is 5.65. The van der Waals surface area contributed by atoms with E-state index in [2.05, 4.69) is 23.6 Å². The van der Waals surface area contributed by atoms with Crippen molar-refractivity contribution in [3.8, 4) is 0 Å². The maximum absolute atomic E-state index is 12.8. The Morgan fingerprint density at radius 1 is 1.35 bits per heavy atom. The van der Waals surface area contributed by atoms with E-state index in [1.54, 1.807) is 11.0 Å². The van der Waals surface area contributed by atoms with Crippen LogP contribution >= 0.6 is 24.0 Å². The maximum Gasteiger partial charge on any atom is 0.266 e. The average molecular weight is 453 g/mol. The van der Waals surface area contributed by atoms with Gasteiger partial charge in [-0.15, -0.1) is 6.58 Å². The quantitative estimate of drug-likeness (QED) is 0.424. The van der Waals surface area contributed by atoms with Crippen LogP contribution in [-0.2, 0) is 9.59 Å². The molecule has 2 N–H and O–H groups in total. The molecular formula is C23H24N4O2S2. The van der Waals surface area contributed by atoms with Crippen molar-refractivity contribution in [2.24, 2.45) is 11.7 Å². The molecule has 2 aliphatic rings. The van der Waals surface area contributed by atoms with E-state index in [1.807, 2.05) is 25.1 Å². The number of carbonyl (C=O) groups is 2. The molecule has 0 saturated carbocycles. The number of rotatable bonds is 5. The lowest BCUT2D eigenvalue weighted by molar-refractivity contribution is -0.122. The lowest BCUT2D eigenvalue weighted by Gasteiger charge is -2.32. The summed E-state index contributed by atoms with van der Waals surface area (Å²) in [6.07, 6.45) is 4.95. The Labute approximate surface area is 191 Å². The highest BCUT2D eigenvalue weighted by Gasteiger charge is 2.32. The number of anilines is 1. The first-order valence-electron chi connectivity index (χ1n) is 10.2. The lowest BCUT2D eigenvalue weighted by atomic mass is 9.96. The molecular weight excluding hydrogens is 428 g/mol. The molecule has 0 radical (unpaired) electrons. The zero-order chi connectivity index (χ0) is 22.1. The molecule has 0 aliphatic carbocycles. The number of amides is 2. The first kappa shape index (κ1) is 21.5. The van der Waals surface area contributed by atoms with E-state index < -0.39 is 0 Å². The van der Waals surface area contributed by atoms with Gasteiger partial charge in [0.2, 0.25) is 5.91 Å². The van der Waals surface area contributed by atoms with Gasteiger partial charge in [-0.05, 0) is 44.0 Å². The predicted octanol–water partition coefficient (Wildman–Crippen LogP) is 3.63. The molecule has 2 fully saturated rings. The third kappa shape index (κ3) is 4.36. The predicted molar refractivity (Wildman–Crippen MR) is 131 cm³/mol. The van der Waals surface area contributed by atoms with Crippen molar-refractivity contribution >= 4 is 62.9 Å². The van der Waals surface area contributed by atoms with Gasteiger partial charge in [0.05, 0.1) is 10.4 Å². The molecule has 1 aromatic carbocycles. The normalized spacial score (nSPS) is 18.9. The van der Waals surface area contributed by atoms with E-state index in [0.717, 1.165) is 27.8 Å². The fourth-order valence-corrected chi connectivity index (χ4v) is 5.23. The minimum Gasteiger partial charge on any atom is -0.369 e. The highest BCUT2D eigenvalue weighted by Crippen LogP contribution is 2.36. The van der Waals surface area contributed by atoms with Gasteiger partial charge in [-0.1, -0.05) is 41.7 Å². The number of nitrogens with two attached hydrogens (primary N) is 1. The third-order valence-corrected chi connectivity index (χ3v) is 7.03. The van der Waals surface area contributed by atoms with Crippen molar-refractivity contribution in [1.82, 2.24) is 9.88 Å². The van der Waals surface area contributed by atoms with Gasteiger partial charge in [0.15, 0.2) is 0 Å². The number of aryl methyl sites for hydroxylation is 1. The number of primary amides is 1. The number of hydrogen-bond acceptors (Lipinski definition) is 6. The standard InChI is InChI=1S/C23H24N4O2S2/c1-3-8-27-22(29)19(31-23(27)30)13-17-12-16-11-14(2)4-5-18(16)25-21(17)26-9-6-15(7-10-26)20(24)28/h3-5,11-13,15H,1,6-10H2,2H3,(H2,24,28)/b19-13-. The van der Waals surface area contributed by atoms with Crippen LogP contribution in [0.4, 0.5) is 5.82 Å². The van der Waals surface area contributed by atoms with Crippen LogP contribution in [0.5, 0.6) is 0 Å². The van der Waals surface area contributed by atoms with E-state index in [9.17, 15) is 9.59 Å². The van der Waals surface area contributed by atoms with E-state index in [0.29, 0.717) is 41.7 Å². The summed E-state index contributed by atoms with van der Waals surface area (Å²) in [4.78, 5) is 33.7. The monoisotopic (exact) mass is 452 g/mol. The largest absolute Gasteiger partial charge is 0.369 e. The van der Waals surface area contributed by atoms with E-state index in [1.165, 1.54) is 11.8 Å². The summed E-state index contributed by atoms with van der Waals surface area (Å²) >= 11 is 6.67. The second kappa shape index (κ2) is 8.80. The zero-order valence-electron chi connectivity index (χ0n) is 17.3. The molecule has 2 aliphatic heterocycles. The number of thiocarbonyl (C=S) groups is 1. The number of fused-ring (bicyclic) bond motifs is 1. The van der Waals surface area contributed by atoms with E-state index in [4.69, 9.17) is 22.9 Å². The lowest BCUT2D eigenvalue weighted by Crippen LogP contribution is -2.39. The minimum atomic E-state index is -0.243. The highest BCUT2D eigenvalue weighted by atomic mass is 32.2. The molecule has 0 unspecified atom stereocenters. The second-order valence-electron chi connectivity index (χ2n) is 7.84. The van der Waals surface area contributed by atoms with Crippen LogP contribution in [0.1, 0.15) is 24.0 Å². The molecule has 2 amide bonds. The molecule has 0 bridgehead atoms. The number of aromatic nitrogens is 1. The number of pyridine rings is 1. The Morgan fingerprint density at radius 2 is 2.10 bits per heavy atom. The maximum atomic E-state index is 12.8. The SMILES string of the molecule is C=CCN1C(=O)/C(=C/c2cc3cc(C)ccc3nc2N2CCC(C(N)=O)CC2)SC1=S. The van der Waals surface area contributed by atoms with Crippen molar-refractivity contribution in [3.63, 3.8) is 0 Å². The molecule has 160 valence electrons. The molecule has 1 aromatic heterocycles. The van der Waals surface area contributed by atoms with Gasteiger partial charge in [0.25, 0.3) is 5.91 Å². The van der Waals surface area contributed by atoms with Gasteiger partial charge in [0, 0.05) is 36.5 Å². The van der Waals surface area contributed by atoms with Crippen LogP contribution in [-0.4, -0.2) is 45.7 Å². The summed E-state index contributed by atoms with van der Waals surface area (Å²) in [6.45, 7) is 7.53. The molecule has 2 aromatic rings. The number of benzene rings is 1. The van der Waals surface area contributed by atoms with Gasteiger partial charge < -0.3 is 10.6 Å². The molecule has 31 heavy (non-hydrogen) atoms. The van der Waals surface area contributed by atoms with Crippen LogP contribution in [0.25, 0.3) is 17.0 Å². The first-order valence-corrected chi connectivity index (χ1v) is 11.4. The molecule has 8 heteroatoms.